The summed E-state index contributed by atoms with van der Waals surface area (Å²) >= 11 is 6.29. The first-order valence-electron chi connectivity index (χ1n) is 15.3. The van der Waals surface area contributed by atoms with Gasteiger partial charge in [0.15, 0.2) is 5.54 Å². The molecule has 3 aliphatic rings. The fraction of sp³-hybridized carbons (Fsp3) is 0.406. The van der Waals surface area contributed by atoms with Crippen LogP contribution >= 0.6 is 11.6 Å². The third kappa shape index (κ3) is 5.59. The average molecular weight is 671 g/mol. The van der Waals surface area contributed by atoms with Crippen molar-refractivity contribution in [1.29, 1.82) is 0 Å². The van der Waals surface area contributed by atoms with E-state index in [1.807, 2.05) is 0 Å². The Morgan fingerprint density at radius 3 is 2.41 bits per heavy atom. The number of urea groups is 1. The summed E-state index contributed by atoms with van der Waals surface area (Å²) in [6.07, 6.45) is 3.57. The Morgan fingerprint density at radius 2 is 1.74 bits per heavy atom. The number of carbonyl (C=O) groups is 2. The number of ether oxygens (including phenoxy) is 1. The van der Waals surface area contributed by atoms with E-state index in [1.165, 1.54) is 42.6 Å². The number of amides is 3. The third-order valence-corrected chi connectivity index (χ3v) is 11.0. The summed E-state index contributed by atoms with van der Waals surface area (Å²) in [5, 5.41) is 2.54. The Morgan fingerprint density at radius 1 is 1.04 bits per heavy atom. The number of halogens is 2. The zero-order chi connectivity index (χ0) is 32.6. The zero-order valence-electron chi connectivity index (χ0n) is 25.7. The van der Waals surface area contributed by atoms with Crippen molar-refractivity contribution in [2.75, 3.05) is 57.2 Å². The summed E-state index contributed by atoms with van der Waals surface area (Å²) in [7, 11) is -2.47. The van der Waals surface area contributed by atoms with Gasteiger partial charge in [0.05, 0.1) is 27.8 Å². The van der Waals surface area contributed by atoms with Crippen molar-refractivity contribution >= 4 is 39.2 Å². The van der Waals surface area contributed by atoms with E-state index in [0.29, 0.717) is 36.5 Å². The van der Waals surface area contributed by atoms with E-state index in [-0.39, 0.29) is 39.2 Å². The molecule has 244 valence electrons. The average Bonchev–Trinajstić information content (AvgIpc) is 3.29. The molecule has 0 radical (unpaired) electrons. The van der Waals surface area contributed by atoms with Gasteiger partial charge in [-0.1, -0.05) is 29.8 Å². The van der Waals surface area contributed by atoms with Gasteiger partial charge in [-0.15, -0.1) is 0 Å². The summed E-state index contributed by atoms with van der Waals surface area (Å²) in [5.41, 5.74) is -2.37. The second-order valence-electron chi connectivity index (χ2n) is 11.7. The number of rotatable bonds is 7. The quantitative estimate of drug-likeness (QED) is 0.405. The van der Waals surface area contributed by atoms with Gasteiger partial charge in [-0.05, 0) is 70.2 Å². The van der Waals surface area contributed by atoms with Crippen molar-refractivity contribution in [2.24, 2.45) is 0 Å². The monoisotopic (exact) mass is 670 g/mol. The van der Waals surface area contributed by atoms with Crippen molar-refractivity contribution < 1.29 is 27.1 Å². The van der Waals surface area contributed by atoms with Crippen molar-refractivity contribution in [3.05, 3.63) is 82.8 Å². The lowest BCUT2D eigenvalue weighted by atomic mass is 9.84. The smallest absolute Gasteiger partial charge is 0.318 e. The second-order valence-corrected chi connectivity index (χ2v) is 13.9. The number of likely N-dealkylation sites (tertiary alicyclic amines) is 1. The number of hydrogen-bond acceptors (Lipinski definition) is 8. The van der Waals surface area contributed by atoms with Crippen LogP contribution in [0.2, 0.25) is 5.02 Å². The molecule has 0 saturated carbocycles. The Bertz CT molecular complexity index is 1730. The molecular formula is C32H36ClFN6O5S. The predicted molar refractivity (Wildman–Crippen MR) is 171 cm³/mol. The fourth-order valence-electron chi connectivity index (χ4n) is 6.58. The number of piperidine rings is 1. The van der Waals surface area contributed by atoms with Crippen LogP contribution in [0.4, 0.5) is 14.9 Å². The lowest BCUT2D eigenvalue weighted by Gasteiger charge is -2.43. The van der Waals surface area contributed by atoms with Gasteiger partial charge in [0.2, 0.25) is 5.88 Å². The normalized spacial score (nSPS) is 21.3. The Hall–Kier alpha value is -3.78. The first-order valence-corrected chi connectivity index (χ1v) is 17.1. The molecule has 2 aromatic carbocycles. The standard InChI is InChI=1S/C32H36ClFN6O5S/c1-3-45-29-24(10-7-13-35-29)32(36-31(42)39-18-16-38(17-19-39)22-11-14-37(2)15-12-22)25-20-26(33)27(34)21-28(25)40(30(32)41)46(43,44)23-8-5-4-6-9-23/h4-10,13,20-22H,3,11-12,14-19H2,1-2H3,(H,36,42). The predicted octanol–water partition coefficient (Wildman–Crippen LogP) is 3.67. The third-order valence-electron chi connectivity index (χ3n) is 9.00. The van der Waals surface area contributed by atoms with Gasteiger partial charge < -0.3 is 19.9 Å². The highest BCUT2D eigenvalue weighted by Gasteiger charge is 2.59. The van der Waals surface area contributed by atoms with E-state index in [4.69, 9.17) is 16.3 Å². The molecule has 1 aromatic heterocycles. The molecule has 3 aromatic rings. The van der Waals surface area contributed by atoms with E-state index in [9.17, 15) is 18.0 Å². The van der Waals surface area contributed by atoms with Crippen LogP contribution in [-0.2, 0) is 20.4 Å². The van der Waals surface area contributed by atoms with Crippen LogP contribution in [0, 0.1) is 5.82 Å². The van der Waals surface area contributed by atoms with Crippen molar-refractivity contribution in [2.45, 2.75) is 36.2 Å². The molecule has 2 saturated heterocycles. The summed E-state index contributed by atoms with van der Waals surface area (Å²) in [4.78, 5) is 39.4. The van der Waals surface area contributed by atoms with Crippen LogP contribution in [0.25, 0.3) is 0 Å². The number of hydrogen-bond donors (Lipinski definition) is 1. The molecule has 11 nitrogen and oxygen atoms in total. The molecule has 0 bridgehead atoms. The molecule has 4 heterocycles. The van der Waals surface area contributed by atoms with Crippen LogP contribution < -0.4 is 14.4 Å². The molecule has 46 heavy (non-hydrogen) atoms. The minimum Gasteiger partial charge on any atom is -0.478 e. The van der Waals surface area contributed by atoms with Crippen LogP contribution in [0.3, 0.4) is 0 Å². The van der Waals surface area contributed by atoms with Crippen molar-refractivity contribution in [3.8, 4) is 5.88 Å². The van der Waals surface area contributed by atoms with Gasteiger partial charge in [0.1, 0.15) is 5.82 Å². The number of fused-ring (bicyclic) bond motifs is 1. The second kappa shape index (κ2) is 12.8. The van der Waals surface area contributed by atoms with Crippen LogP contribution in [0.5, 0.6) is 5.88 Å². The molecule has 1 atom stereocenters. The number of anilines is 1. The van der Waals surface area contributed by atoms with Gasteiger partial charge >= 0.3 is 6.03 Å². The molecule has 3 amide bonds. The number of sulfonamides is 1. The van der Waals surface area contributed by atoms with Crippen molar-refractivity contribution in [1.82, 2.24) is 25.0 Å². The van der Waals surface area contributed by atoms with E-state index >= 15 is 4.39 Å². The topological polar surface area (TPSA) is 115 Å². The molecule has 1 unspecified atom stereocenters. The molecule has 6 rings (SSSR count). The van der Waals surface area contributed by atoms with Gasteiger partial charge in [-0.25, -0.2) is 22.6 Å². The van der Waals surface area contributed by atoms with Gasteiger partial charge in [0, 0.05) is 50.0 Å². The molecule has 0 aliphatic carbocycles. The Balaban J connectivity index is 1.43. The van der Waals surface area contributed by atoms with Gasteiger partial charge in [-0.2, -0.15) is 4.31 Å². The lowest BCUT2D eigenvalue weighted by Crippen LogP contribution is -2.61. The summed E-state index contributed by atoms with van der Waals surface area (Å²) < 4.78 is 49.6. The molecular weight excluding hydrogens is 635 g/mol. The highest BCUT2D eigenvalue weighted by molar-refractivity contribution is 7.93. The van der Waals surface area contributed by atoms with Gasteiger partial charge in [0.25, 0.3) is 15.9 Å². The summed E-state index contributed by atoms with van der Waals surface area (Å²) in [6.45, 7) is 6.06. The van der Waals surface area contributed by atoms with E-state index in [2.05, 4.69) is 27.1 Å². The minimum atomic E-state index is -4.58. The van der Waals surface area contributed by atoms with Crippen LogP contribution in [0.15, 0.2) is 65.7 Å². The lowest BCUT2D eigenvalue weighted by molar-refractivity contribution is -0.121. The molecule has 2 fully saturated rings. The van der Waals surface area contributed by atoms with Gasteiger partial charge in [-0.3, -0.25) is 9.69 Å². The minimum absolute atomic E-state index is 0.0103. The largest absolute Gasteiger partial charge is 0.478 e. The number of pyridine rings is 1. The molecule has 1 N–H and O–H groups in total. The molecule has 3 aliphatic heterocycles. The Kier molecular flexibility index (Phi) is 8.94. The molecule has 14 heteroatoms. The maximum atomic E-state index is 15.1. The summed E-state index contributed by atoms with van der Waals surface area (Å²) in [6, 6.07) is 12.4. The first-order chi connectivity index (χ1) is 22.1. The summed E-state index contributed by atoms with van der Waals surface area (Å²) in [5.74, 6) is -1.96. The number of carbonyl (C=O) groups excluding carboxylic acids is 2. The maximum absolute atomic E-state index is 15.1. The fourth-order valence-corrected chi connectivity index (χ4v) is 8.23. The molecule has 0 spiro atoms. The van der Waals surface area contributed by atoms with E-state index in [0.717, 1.165) is 32.0 Å². The number of nitrogens with zero attached hydrogens (tertiary/aromatic N) is 5. The highest BCUT2D eigenvalue weighted by atomic mass is 35.5. The number of nitrogens with one attached hydrogen (secondary N) is 1. The number of benzene rings is 2. The zero-order valence-corrected chi connectivity index (χ0v) is 27.2. The van der Waals surface area contributed by atoms with Crippen LogP contribution in [-0.4, -0.2) is 99.0 Å². The maximum Gasteiger partial charge on any atom is 0.318 e. The Labute approximate surface area is 272 Å². The number of aromatic nitrogens is 1. The van der Waals surface area contributed by atoms with Crippen molar-refractivity contribution in [3.63, 3.8) is 0 Å². The van der Waals surface area contributed by atoms with E-state index < -0.39 is 33.3 Å². The highest BCUT2D eigenvalue weighted by Crippen LogP contribution is 2.50. The van der Waals surface area contributed by atoms with Crippen LogP contribution in [0.1, 0.15) is 30.9 Å². The van der Waals surface area contributed by atoms with E-state index in [1.54, 1.807) is 24.0 Å². The SMILES string of the molecule is CCOc1ncccc1C1(NC(=O)N2CCN(C3CCN(C)CC3)CC2)C(=O)N(S(=O)(=O)c2ccccc2)c2cc(F)c(Cl)cc21. The number of piperazine rings is 1. The first kappa shape index (κ1) is 32.2.